The van der Waals surface area contributed by atoms with Crippen LogP contribution < -0.4 is 5.32 Å². The third-order valence-electron chi connectivity index (χ3n) is 4.24. The normalized spacial score (nSPS) is 17.2. The lowest BCUT2D eigenvalue weighted by molar-refractivity contribution is -0.139. The predicted octanol–water partition coefficient (Wildman–Crippen LogP) is 1.85. The molecule has 0 saturated heterocycles. The molecule has 1 heterocycles. The largest absolute Gasteiger partial charge is 0.380 e. The van der Waals surface area contributed by atoms with Gasteiger partial charge in [-0.05, 0) is 44.2 Å². The van der Waals surface area contributed by atoms with Crippen molar-refractivity contribution >= 4 is 16.9 Å². The Bertz CT molecular complexity index is 629. The zero-order chi connectivity index (χ0) is 14.7. The van der Waals surface area contributed by atoms with E-state index in [2.05, 4.69) is 14.9 Å². The van der Waals surface area contributed by atoms with Gasteiger partial charge in [-0.1, -0.05) is 12.1 Å². The molecule has 0 bridgehead atoms. The highest BCUT2D eigenvalue weighted by molar-refractivity contribution is 5.85. The minimum atomic E-state index is -1.12. The number of nitrogens with one attached hydrogen (secondary N) is 1. The molecule has 1 saturated carbocycles. The zero-order valence-corrected chi connectivity index (χ0v) is 12.1. The standard InChI is InChI=1S/C16H21N3O2/c20-15(16(21)8-3-4-9-16)17-10-5-11-19-12-18-13-6-1-2-7-14(13)19/h1-2,6-7,12,21H,3-5,8-11H2,(H,17,20). The summed E-state index contributed by atoms with van der Waals surface area (Å²) in [6.07, 6.45) is 5.70. The van der Waals surface area contributed by atoms with Crippen LogP contribution in [0.25, 0.3) is 11.0 Å². The Morgan fingerprint density at radius 3 is 2.90 bits per heavy atom. The number of amides is 1. The van der Waals surface area contributed by atoms with Gasteiger partial charge in [-0.15, -0.1) is 0 Å². The number of aromatic nitrogens is 2. The van der Waals surface area contributed by atoms with E-state index in [1.807, 2.05) is 30.6 Å². The maximum absolute atomic E-state index is 12.0. The molecule has 21 heavy (non-hydrogen) atoms. The second kappa shape index (κ2) is 5.85. The average molecular weight is 287 g/mol. The van der Waals surface area contributed by atoms with Crippen molar-refractivity contribution in [1.82, 2.24) is 14.9 Å². The number of fused-ring (bicyclic) bond motifs is 1. The second-order valence-electron chi connectivity index (χ2n) is 5.77. The fourth-order valence-electron chi connectivity index (χ4n) is 2.99. The Morgan fingerprint density at radius 2 is 2.10 bits per heavy atom. The fourth-order valence-corrected chi connectivity index (χ4v) is 2.99. The summed E-state index contributed by atoms with van der Waals surface area (Å²) in [6.45, 7) is 1.38. The van der Waals surface area contributed by atoms with Crippen LogP contribution in [0.15, 0.2) is 30.6 Å². The first kappa shape index (κ1) is 14.1. The lowest BCUT2D eigenvalue weighted by Crippen LogP contribution is -2.45. The maximum Gasteiger partial charge on any atom is 0.251 e. The molecule has 3 rings (SSSR count). The molecular formula is C16H21N3O2. The summed E-state index contributed by atoms with van der Waals surface area (Å²) in [7, 11) is 0. The zero-order valence-electron chi connectivity index (χ0n) is 12.1. The third kappa shape index (κ3) is 2.93. The van der Waals surface area contributed by atoms with Gasteiger partial charge in [-0.3, -0.25) is 4.79 Å². The topological polar surface area (TPSA) is 67.2 Å². The first-order chi connectivity index (χ1) is 10.2. The first-order valence-electron chi connectivity index (χ1n) is 7.60. The van der Waals surface area contributed by atoms with Crippen LogP contribution in [0.4, 0.5) is 0 Å². The maximum atomic E-state index is 12.0. The predicted molar refractivity (Wildman–Crippen MR) is 80.8 cm³/mol. The highest BCUT2D eigenvalue weighted by Crippen LogP contribution is 2.29. The summed E-state index contributed by atoms with van der Waals surface area (Å²) < 4.78 is 2.09. The molecule has 0 spiro atoms. The van der Waals surface area contributed by atoms with E-state index < -0.39 is 5.60 Å². The number of carbonyl (C=O) groups is 1. The summed E-state index contributed by atoms with van der Waals surface area (Å²) in [6, 6.07) is 8.01. The lowest BCUT2D eigenvalue weighted by atomic mass is 10.0. The highest BCUT2D eigenvalue weighted by atomic mass is 16.3. The molecule has 0 aliphatic heterocycles. The molecule has 1 amide bonds. The van der Waals surface area contributed by atoms with Crippen molar-refractivity contribution in [2.24, 2.45) is 0 Å². The molecule has 0 unspecified atom stereocenters. The van der Waals surface area contributed by atoms with Gasteiger partial charge in [0.15, 0.2) is 0 Å². The van der Waals surface area contributed by atoms with Crippen molar-refractivity contribution < 1.29 is 9.90 Å². The van der Waals surface area contributed by atoms with Crippen molar-refractivity contribution in [2.45, 2.75) is 44.2 Å². The van der Waals surface area contributed by atoms with Crippen LogP contribution in [-0.4, -0.2) is 32.7 Å². The number of hydrogen-bond acceptors (Lipinski definition) is 3. The van der Waals surface area contributed by atoms with E-state index in [0.717, 1.165) is 36.8 Å². The number of nitrogens with zero attached hydrogens (tertiary/aromatic N) is 2. The van der Waals surface area contributed by atoms with Crippen molar-refractivity contribution in [1.29, 1.82) is 0 Å². The second-order valence-corrected chi connectivity index (χ2v) is 5.77. The monoisotopic (exact) mass is 287 g/mol. The Kier molecular flexibility index (Phi) is 3.92. The smallest absolute Gasteiger partial charge is 0.251 e. The summed E-state index contributed by atoms with van der Waals surface area (Å²) in [5.41, 5.74) is 0.974. The highest BCUT2D eigenvalue weighted by Gasteiger charge is 2.38. The third-order valence-corrected chi connectivity index (χ3v) is 4.24. The van der Waals surface area contributed by atoms with Gasteiger partial charge < -0.3 is 15.0 Å². The molecule has 1 aromatic carbocycles. The van der Waals surface area contributed by atoms with Gasteiger partial charge >= 0.3 is 0 Å². The van der Waals surface area contributed by atoms with E-state index in [4.69, 9.17) is 0 Å². The summed E-state index contributed by atoms with van der Waals surface area (Å²) in [5, 5.41) is 13.0. The molecular weight excluding hydrogens is 266 g/mol. The van der Waals surface area contributed by atoms with E-state index in [9.17, 15) is 9.90 Å². The molecule has 1 aromatic heterocycles. The summed E-state index contributed by atoms with van der Waals surface area (Å²) in [5.74, 6) is -0.213. The molecule has 2 N–H and O–H groups in total. The number of benzene rings is 1. The minimum Gasteiger partial charge on any atom is -0.380 e. The van der Waals surface area contributed by atoms with Gasteiger partial charge in [0.2, 0.25) is 0 Å². The molecule has 0 atom stereocenters. The number of rotatable bonds is 5. The Morgan fingerprint density at radius 1 is 1.33 bits per heavy atom. The van der Waals surface area contributed by atoms with Gasteiger partial charge in [0.05, 0.1) is 17.4 Å². The van der Waals surface area contributed by atoms with Crippen LogP contribution in [0, 0.1) is 0 Å². The summed E-state index contributed by atoms with van der Waals surface area (Å²) in [4.78, 5) is 16.3. The van der Waals surface area contributed by atoms with Crippen LogP contribution in [-0.2, 0) is 11.3 Å². The summed E-state index contributed by atoms with van der Waals surface area (Å²) >= 11 is 0. The van der Waals surface area contributed by atoms with Crippen LogP contribution >= 0.6 is 0 Å². The number of hydrogen-bond donors (Lipinski definition) is 2. The molecule has 5 nitrogen and oxygen atoms in total. The molecule has 1 fully saturated rings. The Hall–Kier alpha value is -1.88. The van der Waals surface area contributed by atoms with E-state index in [1.54, 1.807) is 0 Å². The molecule has 2 aromatic rings. The van der Waals surface area contributed by atoms with Crippen molar-refractivity contribution in [2.75, 3.05) is 6.54 Å². The van der Waals surface area contributed by atoms with Crippen molar-refractivity contribution in [3.63, 3.8) is 0 Å². The van der Waals surface area contributed by atoms with E-state index in [0.29, 0.717) is 19.4 Å². The molecule has 1 aliphatic rings. The van der Waals surface area contributed by atoms with Gasteiger partial charge in [0.25, 0.3) is 5.91 Å². The van der Waals surface area contributed by atoms with E-state index >= 15 is 0 Å². The molecule has 0 radical (unpaired) electrons. The van der Waals surface area contributed by atoms with Crippen molar-refractivity contribution in [3.05, 3.63) is 30.6 Å². The van der Waals surface area contributed by atoms with Crippen molar-refractivity contribution in [3.8, 4) is 0 Å². The number of aryl methyl sites for hydroxylation is 1. The first-order valence-corrected chi connectivity index (χ1v) is 7.60. The molecule has 1 aliphatic carbocycles. The van der Waals surface area contributed by atoms with Crippen LogP contribution in [0.5, 0.6) is 0 Å². The number of para-hydroxylation sites is 2. The Labute approximate surface area is 124 Å². The SMILES string of the molecule is O=C(NCCCn1cnc2ccccc21)C1(O)CCCC1. The van der Waals surface area contributed by atoms with Crippen LogP contribution in [0.1, 0.15) is 32.1 Å². The van der Waals surface area contributed by atoms with Gasteiger partial charge in [-0.25, -0.2) is 4.98 Å². The Balaban J connectivity index is 1.49. The number of aliphatic hydroxyl groups is 1. The fraction of sp³-hybridized carbons (Fsp3) is 0.500. The number of imidazole rings is 1. The van der Waals surface area contributed by atoms with Gasteiger partial charge in [0, 0.05) is 13.1 Å². The van der Waals surface area contributed by atoms with E-state index in [-0.39, 0.29) is 5.91 Å². The number of carbonyl (C=O) groups excluding carboxylic acids is 1. The minimum absolute atomic E-state index is 0.213. The quantitative estimate of drug-likeness (QED) is 0.825. The lowest BCUT2D eigenvalue weighted by Gasteiger charge is -2.20. The van der Waals surface area contributed by atoms with Crippen LogP contribution in [0.2, 0.25) is 0 Å². The molecule has 5 heteroatoms. The van der Waals surface area contributed by atoms with Gasteiger partial charge in [0.1, 0.15) is 5.60 Å². The van der Waals surface area contributed by atoms with Crippen LogP contribution in [0.3, 0.4) is 0 Å². The molecule has 112 valence electrons. The van der Waals surface area contributed by atoms with E-state index in [1.165, 1.54) is 0 Å². The average Bonchev–Trinajstić information content (AvgIpc) is 3.11. The van der Waals surface area contributed by atoms with Gasteiger partial charge in [-0.2, -0.15) is 0 Å².